The van der Waals surface area contributed by atoms with Gasteiger partial charge in [0.2, 0.25) is 0 Å². The van der Waals surface area contributed by atoms with Gasteiger partial charge in [0.1, 0.15) is 11.9 Å². The smallest absolute Gasteiger partial charge is 0.129 e. The fourth-order valence-electron chi connectivity index (χ4n) is 1.63. The highest BCUT2D eigenvalue weighted by atomic mass is 32.1. The van der Waals surface area contributed by atoms with Crippen LogP contribution in [0.4, 0.5) is 5.82 Å². The summed E-state index contributed by atoms with van der Waals surface area (Å²) < 4.78 is 0. The van der Waals surface area contributed by atoms with E-state index in [1.165, 1.54) is 11.3 Å². The molecule has 0 fully saturated rings. The molecule has 0 aliphatic rings. The van der Waals surface area contributed by atoms with Gasteiger partial charge < -0.3 is 10.8 Å². The highest BCUT2D eigenvalue weighted by molar-refractivity contribution is 7.10. The Morgan fingerprint density at radius 1 is 1.44 bits per heavy atom. The minimum absolute atomic E-state index is 0.394. The van der Waals surface area contributed by atoms with Gasteiger partial charge in [0.25, 0.3) is 0 Å². The van der Waals surface area contributed by atoms with Gasteiger partial charge in [-0.2, -0.15) is 0 Å². The van der Waals surface area contributed by atoms with Crippen LogP contribution in [0, 0.1) is 13.8 Å². The number of anilines is 1. The molecule has 0 saturated heterocycles. The molecule has 3 nitrogen and oxygen atoms in total. The molecule has 84 valence electrons. The fraction of sp³-hybridized carbons (Fsp3) is 0.250. The van der Waals surface area contributed by atoms with E-state index in [0.717, 1.165) is 16.0 Å². The van der Waals surface area contributed by atoms with E-state index in [1.54, 1.807) is 6.20 Å². The minimum Gasteiger partial charge on any atom is -0.383 e. The molecule has 4 heteroatoms. The first-order valence-corrected chi connectivity index (χ1v) is 5.91. The van der Waals surface area contributed by atoms with Crippen molar-refractivity contribution < 1.29 is 5.11 Å². The van der Waals surface area contributed by atoms with Crippen molar-refractivity contribution in [2.24, 2.45) is 0 Å². The van der Waals surface area contributed by atoms with Crippen LogP contribution >= 0.6 is 11.3 Å². The summed E-state index contributed by atoms with van der Waals surface area (Å²) in [6.07, 6.45) is 1.03. The van der Waals surface area contributed by atoms with E-state index in [1.807, 2.05) is 31.4 Å². The second-order valence-corrected chi connectivity index (χ2v) is 4.81. The Bertz CT molecular complexity index is 507. The van der Waals surface area contributed by atoms with E-state index in [4.69, 9.17) is 5.73 Å². The molecular weight excluding hydrogens is 220 g/mol. The third-order valence-electron chi connectivity index (χ3n) is 2.53. The van der Waals surface area contributed by atoms with Crippen molar-refractivity contribution in [3.05, 3.63) is 45.3 Å². The first-order valence-electron chi connectivity index (χ1n) is 5.03. The van der Waals surface area contributed by atoms with Gasteiger partial charge in [0.05, 0.1) is 0 Å². The molecule has 0 aliphatic carbocycles. The molecule has 2 aromatic rings. The Labute approximate surface area is 98.6 Å². The molecule has 2 heterocycles. The zero-order chi connectivity index (χ0) is 11.7. The summed E-state index contributed by atoms with van der Waals surface area (Å²) in [5.41, 5.74) is 8.55. The Balaban J connectivity index is 2.45. The number of aryl methyl sites for hydroxylation is 2. The van der Waals surface area contributed by atoms with E-state index in [-0.39, 0.29) is 0 Å². The van der Waals surface area contributed by atoms with Gasteiger partial charge in [-0.05, 0) is 42.5 Å². The maximum atomic E-state index is 10.3. The second-order valence-electron chi connectivity index (χ2n) is 3.86. The van der Waals surface area contributed by atoms with Crippen LogP contribution in [0.5, 0.6) is 0 Å². The van der Waals surface area contributed by atoms with Crippen molar-refractivity contribution in [2.45, 2.75) is 20.0 Å². The molecule has 16 heavy (non-hydrogen) atoms. The molecular formula is C12H14N2OS. The summed E-state index contributed by atoms with van der Waals surface area (Å²) in [4.78, 5) is 4.99. The van der Waals surface area contributed by atoms with Crippen LogP contribution in [0.3, 0.4) is 0 Å². The van der Waals surface area contributed by atoms with Crippen molar-refractivity contribution >= 4 is 17.2 Å². The summed E-state index contributed by atoms with van der Waals surface area (Å²) in [7, 11) is 0. The van der Waals surface area contributed by atoms with Gasteiger partial charge in [-0.3, -0.25) is 0 Å². The second kappa shape index (κ2) is 4.23. The number of nitrogen functional groups attached to an aromatic ring is 1. The fourth-order valence-corrected chi connectivity index (χ4v) is 2.56. The summed E-state index contributed by atoms with van der Waals surface area (Å²) in [6.45, 7) is 3.92. The van der Waals surface area contributed by atoms with Crippen LogP contribution < -0.4 is 5.73 Å². The number of nitrogens with two attached hydrogens (primary N) is 1. The van der Waals surface area contributed by atoms with E-state index >= 15 is 0 Å². The van der Waals surface area contributed by atoms with Gasteiger partial charge >= 0.3 is 0 Å². The van der Waals surface area contributed by atoms with Crippen LogP contribution in [0.15, 0.2) is 23.7 Å². The van der Waals surface area contributed by atoms with Crippen LogP contribution in [-0.2, 0) is 0 Å². The highest BCUT2D eigenvalue weighted by Crippen LogP contribution is 2.31. The van der Waals surface area contributed by atoms with Crippen molar-refractivity contribution in [2.75, 3.05) is 5.73 Å². The molecule has 3 N–H and O–H groups in total. The van der Waals surface area contributed by atoms with Gasteiger partial charge in [0.15, 0.2) is 0 Å². The van der Waals surface area contributed by atoms with Crippen LogP contribution in [0.1, 0.15) is 27.7 Å². The van der Waals surface area contributed by atoms with Crippen molar-refractivity contribution in [3.8, 4) is 0 Å². The lowest BCUT2D eigenvalue weighted by atomic mass is 10.1. The van der Waals surface area contributed by atoms with Crippen molar-refractivity contribution in [1.82, 2.24) is 4.98 Å². The van der Waals surface area contributed by atoms with Crippen LogP contribution in [0.25, 0.3) is 0 Å². The largest absolute Gasteiger partial charge is 0.383 e. The lowest BCUT2D eigenvalue weighted by molar-refractivity contribution is 0.224. The Hall–Kier alpha value is -1.39. The summed E-state index contributed by atoms with van der Waals surface area (Å²) >= 11 is 1.53. The molecule has 1 unspecified atom stereocenters. The number of pyridine rings is 1. The zero-order valence-electron chi connectivity index (χ0n) is 9.27. The number of aliphatic hydroxyl groups excluding tert-OH is 1. The average molecular weight is 234 g/mol. The van der Waals surface area contributed by atoms with Crippen molar-refractivity contribution in [3.63, 3.8) is 0 Å². The van der Waals surface area contributed by atoms with Crippen LogP contribution in [-0.4, -0.2) is 10.1 Å². The Morgan fingerprint density at radius 2 is 2.19 bits per heavy atom. The van der Waals surface area contributed by atoms with E-state index in [9.17, 15) is 5.11 Å². The Kier molecular flexibility index (Phi) is 2.94. The monoisotopic (exact) mass is 234 g/mol. The quantitative estimate of drug-likeness (QED) is 0.839. The lowest BCUT2D eigenvalue weighted by Gasteiger charge is -2.13. The molecule has 0 bridgehead atoms. The first-order chi connectivity index (χ1) is 7.59. The number of nitrogens with zero attached hydrogens (tertiary/aromatic N) is 1. The average Bonchev–Trinajstić information content (AvgIpc) is 2.67. The van der Waals surface area contributed by atoms with Gasteiger partial charge in [0, 0.05) is 16.6 Å². The Morgan fingerprint density at radius 3 is 2.81 bits per heavy atom. The molecule has 0 radical (unpaired) electrons. The van der Waals surface area contributed by atoms with Crippen molar-refractivity contribution in [1.29, 1.82) is 0 Å². The number of hydrogen-bond acceptors (Lipinski definition) is 4. The summed E-state index contributed by atoms with van der Waals surface area (Å²) in [5.74, 6) is 0.394. The maximum absolute atomic E-state index is 10.3. The maximum Gasteiger partial charge on any atom is 0.129 e. The number of aliphatic hydroxyl groups is 1. The molecule has 0 aliphatic heterocycles. The normalized spacial score (nSPS) is 12.7. The SMILES string of the molecule is Cc1cnc(N)c(C(O)c2sccc2C)c1. The molecule has 0 amide bonds. The summed E-state index contributed by atoms with van der Waals surface area (Å²) in [6, 6.07) is 3.87. The van der Waals surface area contributed by atoms with E-state index < -0.39 is 6.10 Å². The van der Waals surface area contributed by atoms with Gasteiger partial charge in [-0.1, -0.05) is 0 Å². The van der Waals surface area contributed by atoms with Gasteiger partial charge in [-0.25, -0.2) is 4.98 Å². The number of rotatable bonds is 2. The molecule has 0 spiro atoms. The third kappa shape index (κ3) is 1.94. The standard InChI is InChI=1S/C12H14N2OS/c1-7-5-9(12(13)14-6-7)10(15)11-8(2)3-4-16-11/h3-6,10,15H,1-2H3,(H2,13,14). The minimum atomic E-state index is -0.674. The molecule has 1 atom stereocenters. The predicted molar refractivity (Wildman–Crippen MR) is 66.5 cm³/mol. The molecule has 0 saturated carbocycles. The zero-order valence-corrected chi connectivity index (χ0v) is 10.1. The number of aromatic nitrogens is 1. The number of hydrogen-bond donors (Lipinski definition) is 2. The topological polar surface area (TPSA) is 59.1 Å². The van der Waals surface area contributed by atoms with E-state index in [0.29, 0.717) is 11.4 Å². The van der Waals surface area contributed by atoms with E-state index in [2.05, 4.69) is 4.98 Å². The van der Waals surface area contributed by atoms with Gasteiger partial charge in [-0.15, -0.1) is 11.3 Å². The molecule has 2 rings (SSSR count). The van der Waals surface area contributed by atoms with Crippen LogP contribution in [0.2, 0.25) is 0 Å². The predicted octanol–water partition coefficient (Wildman–Crippen LogP) is 2.42. The third-order valence-corrected chi connectivity index (χ3v) is 3.60. The highest BCUT2D eigenvalue weighted by Gasteiger charge is 2.17. The lowest BCUT2D eigenvalue weighted by Crippen LogP contribution is -2.05. The molecule has 2 aromatic heterocycles. The molecule has 0 aromatic carbocycles. The summed E-state index contributed by atoms with van der Waals surface area (Å²) in [5, 5.41) is 12.2. The number of thiophene rings is 1. The first kappa shape index (κ1) is 11.1.